The second kappa shape index (κ2) is 4.17. The molecule has 2 heterocycles. The number of hydrogen-bond acceptors (Lipinski definition) is 2. The minimum atomic E-state index is -0.249. The van der Waals surface area contributed by atoms with Gasteiger partial charge in [-0.25, -0.2) is 9.37 Å². The molecular formula is C15H13FN2S. The van der Waals surface area contributed by atoms with Gasteiger partial charge in [-0.05, 0) is 48.4 Å². The summed E-state index contributed by atoms with van der Waals surface area (Å²) in [5, 5.41) is 2.15. The zero-order chi connectivity index (χ0) is 12.8. The number of aromatic nitrogens is 2. The van der Waals surface area contributed by atoms with Crippen LogP contribution in [0, 0.1) is 5.82 Å². The minimum Gasteiger partial charge on any atom is -0.341 e. The molecule has 0 aliphatic heterocycles. The number of nitrogens with zero attached hydrogens (tertiary/aromatic N) is 1. The molecule has 1 unspecified atom stereocenters. The van der Waals surface area contributed by atoms with Gasteiger partial charge in [0.2, 0.25) is 0 Å². The van der Waals surface area contributed by atoms with Gasteiger partial charge in [-0.3, -0.25) is 0 Å². The van der Waals surface area contributed by atoms with E-state index in [-0.39, 0.29) is 5.82 Å². The number of para-hydroxylation sites is 1. The zero-order valence-corrected chi connectivity index (χ0v) is 11.1. The molecule has 0 amide bonds. The second-order valence-electron chi connectivity index (χ2n) is 5.00. The number of thiophene rings is 1. The summed E-state index contributed by atoms with van der Waals surface area (Å²) in [5.41, 5.74) is 2.62. The highest BCUT2D eigenvalue weighted by atomic mass is 32.1. The fourth-order valence-corrected chi connectivity index (χ4v) is 3.94. The third kappa shape index (κ3) is 1.70. The van der Waals surface area contributed by atoms with Crippen LogP contribution in [0.3, 0.4) is 0 Å². The van der Waals surface area contributed by atoms with E-state index >= 15 is 0 Å². The first-order valence-electron chi connectivity index (χ1n) is 6.53. The number of aromatic amines is 1. The molecule has 2 nitrogen and oxygen atoms in total. The number of halogens is 1. The van der Waals surface area contributed by atoms with E-state index in [1.807, 2.05) is 17.4 Å². The molecule has 4 heteroatoms. The van der Waals surface area contributed by atoms with E-state index < -0.39 is 0 Å². The predicted octanol–water partition coefficient (Wildman–Crippen LogP) is 4.23. The summed E-state index contributed by atoms with van der Waals surface area (Å²) < 4.78 is 13.7. The minimum absolute atomic E-state index is 0.249. The van der Waals surface area contributed by atoms with E-state index in [4.69, 9.17) is 0 Å². The first-order valence-corrected chi connectivity index (χ1v) is 7.41. The summed E-state index contributed by atoms with van der Waals surface area (Å²) in [6, 6.07) is 7.25. The van der Waals surface area contributed by atoms with E-state index in [9.17, 15) is 4.39 Å². The van der Waals surface area contributed by atoms with Crippen LogP contribution < -0.4 is 0 Å². The highest BCUT2D eigenvalue weighted by Crippen LogP contribution is 2.38. The number of rotatable bonds is 1. The molecule has 0 bridgehead atoms. The maximum Gasteiger partial charge on any atom is 0.151 e. The van der Waals surface area contributed by atoms with Gasteiger partial charge in [0.05, 0.1) is 5.52 Å². The fraction of sp³-hybridized carbons (Fsp3) is 0.267. The highest BCUT2D eigenvalue weighted by Gasteiger charge is 2.25. The third-order valence-corrected chi connectivity index (χ3v) is 4.86. The quantitative estimate of drug-likeness (QED) is 0.705. The summed E-state index contributed by atoms with van der Waals surface area (Å²) in [7, 11) is 0. The molecule has 19 heavy (non-hydrogen) atoms. The molecule has 1 aliphatic rings. The average Bonchev–Trinajstić information content (AvgIpc) is 3.05. The van der Waals surface area contributed by atoms with Crippen molar-refractivity contribution in [3.8, 4) is 0 Å². The lowest BCUT2D eigenvalue weighted by atomic mass is 9.87. The number of imidazole rings is 1. The van der Waals surface area contributed by atoms with Crippen molar-refractivity contribution in [1.29, 1.82) is 0 Å². The molecule has 0 radical (unpaired) electrons. The summed E-state index contributed by atoms with van der Waals surface area (Å²) >= 11 is 1.82. The van der Waals surface area contributed by atoms with Crippen LogP contribution in [0.2, 0.25) is 0 Å². The zero-order valence-electron chi connectivity index (χ0n) is 10.3. The molecule has 1 atom stereocenters. The molecule has 0 saturated carbocycles. The standard InChI is InChI=1S/C15H13FN2S/c16-11-4-2-5-12-14(11)18-15(17-12)10-3-1-6-13-9(10)7-8-19-13/h2,4-5,7-8,10H,1,3,6H2,(H,17,18). The van der Waals surface area contributed by atoms with Gasteiger partial charge in [-0.2, -0.15) is 0 Å². The van der Waals surface area contributed by atoms with E-state index in [0.717, 1.165) is 24.2 Å². The third-order valence-electron chi connectivity index (χ3n) is 3.86. The van der Waals surface area contributed by atoms with Crippen molar-refractivity contribution < 1.29 is 4.39 Å². The Morgan fingerprint density at radius 3 is 3.16 bits per heavy atom. The number of H-pyrrole nitrogens is 1. The van der Waals surface area contributed by atoms with Gasteiger partial charge in [0, 0.05) is 10.8 Å². The molecule has 0 saturated heterocycles. The maximum absolute atomic E-state index is 13.7. The Morgan fingerprint density at radius 1 is 1.32 bits per heavy atom. The second-order valence-corrected chi connectivity index (χ2v) is 6.00. The molecule has 0 spiro atoms. The highest BCUT2D eigenvalue weighted by molar-refractivity contribution is 7.10. The predicted molar refractivity (Wildman–Crippen MR) is 75.2 cm³/mol. The molecule has 1 aliphatic carbocycles. The number of nitrogens with one attached hydrogen (secondary N) is 1. The lowest BCUT2D eigenvalue weighted by Crippen LogP contribution is -2.09. The van der Waals surface area contributed by atoms with E-state index in [1.54, 1.807) is 6.07 Å². The first-order chi connectivity index (χ1) is 9.33. The van der Waals surface area contributed by atoms with Gasteiger partial charge in [-0.15, -0.1) is 11.3 Å². The first kappa shape index (κ1) is 11.2. The number of benzene rings is 1. The Labute approximate surface area is 114 Å². The Bertz CT molecular complexity index is 744. The van der Waals surface area contributed by atoms with Crippen molar-refractivity contribution in [3.63, 3.8) is 0 Å². The van der Waals surface area contributed by atoms with Crippen molar-refractivity contribution in [1.82, 2.24) is 9.97 Å². The Hall–Kier alpha value is -1.68. The lowest BCUT2D eigenvalue weighted by Gasteiger charge is -2.20. The van der Waals surface area contributed by atoms with Crippen molar-refractivity contribution in [2.24, 2.45) is 0 Å². The SMILES string of the molecule is Fc1cccc2[nH]c(C3CCCc4sccc43)nc12. The topological polar surface area (TPSA) is 28.7 Å². The molecular weight excluding hydrogens is 259 g/mol. The number of hydrogen-bond donors (Lipinski definition) is 1. The molecule has 0 fully saturated rings. The van der Waals surface area contributed by atoms with Gasteiger partial charge < -0.3 is 4.98 Å². The average molecular weight is 272 g/mol. The van der Waals surface area contributed by atoms with E-state index in [0.29, 0.717) is 11.4 Å². The molecule has 1 N–H and O–H groups in total. The summed E-state index contributed by atoms with van der Waals surface area (Å²) in [6.45, 7) is 0. The van der Waals surface area contributed by atoms with Crippen LogP contribution in [0.1, 0.15) is 35.0 Å². The van der Waals surface area contributed by atoms with Gasteiger partial charge in [0.15, 0.2) is 5.82 Å². The van der Waals surface area contributed by atoms with Crippen LogP contribution in [-0.4, -0.2) is 9.97 Å². The summed E-state index contributed by atoms with van der Waals surface area (Å²) in [4.78, 5) is 9.23. The van der Waals surface area contributed by atoms with Crippen LogP contribution in [0.4, 0.5) is 4.39 Å². The van der Waals surface area contributed by atoms with Gasteiger partial charge >= 0.3 is 0 Å². The van der Waals surface area contributed by atoms with Crippen LogP contribution >= 0.6 is 11.3 Å². The Kier molecular flexibility index (Phi) is 2.45. The van der Waals surface area contributed by atoms with Crippen molar-refractivity contribution in [3.05, 3.63) is 51.7 Å². The van der Waals surface area contributed by atoms with E-state index in [2.05, 4.69) is 21.4 Å². The largest absolute Gasteiger partial charge is 0.341 e. The smallest absolute Gasteiger partial charge is 0.151 e. The molecule has 4 rings (SSSR count). The normalized spacial score (nSPS) is 18.7. The van der Waals surface area contributed by atoms with Crippen LogP contribution in [-0.2, 0) is 6.42 Å². The van der Waals surface area contributed by atoms with Crippen LogP contribution in [0.25, 0.3) is 11.0 Å². The molecule has 3 aromatic rings. The van der Waals surface area contributed by atoms with Crippen molar-refractivity contribution in [2.45, 2.75) is 25.2 Å². The van der Waals surface area contributed by atoms with Gasteiger partial charge in [0.25, 0.3) is 0 Å². The Balaban J connectivity index is 1.86. The lowest BCUT2D eigenvalue weighted by molar-refractivity contribution is 0.602. The number of aryl methyl sites for hydroxylation is 1. The molecule has 2 aromatic heterocycles. The van der Waals surface area contributed by atoms with Crippen LogP contribution in [0.5, 0.6) is 0 Å². The van der Waals surface area contributed by atoms with Crippen LogP contribution in [0.15, 0.2) is 29.6 Å². The summed E-state index contributed by atoms with van der Waals surface area (Å²) in [6.07, 6.45) is 3.43. The summed E-state index contributed by atoms with van der Waals surface area (Å²) in [5.74, 6) is 0.947. The van der Waals surface area contributed by atoms with Gasteiger partial charge in [0.1, 0.15) is 11.3 Å². The monoisotopic (exact) mass is 272 g/mol. The van der Waals surface area contributed by atoms with Gasteiger partial charge in [-0.1, -0.05) is 6.07 Å². The maximum atomic E-state index is 13.7. The van der Waals surface area contributed by atoms with E-state index in [1.165, 1.54) is 22.9 Å². The van der Waals surface area contributed by atoms with Crippen molar-refractivity contribution >= 4 is 22.4 Å². The fourth-order valence-electron chi connectivity index (χ4n) is 2.95. The molecule has 1 aromatic carbocycles. The Morgan fingerprint density at radius 2 is 2.26 bits per heavy atom. The molecule has 96 valence electrons. The number of fused-ring (bicyclic) bond motifs is 2. The van der Waals surface area contributed by atoms with Crippen molar-refractivity contribution in [2.75, 3.05) is 0 Å².